The van der Waals surface area contributed by atoms with Crippen LogP contribution in [0.4, 0.5) is 0 Å². The lowest BCUT2D eigenvalue weighted by Crippen LogP contribution is -2.48. The maximum absolute atomic E-state index is 12.2. The highest BCUT2D eigenvalue weighted by Gasteiger charge is 2.32. The second kappa shape index (κ2) is 6.47. The number of Topliss-reactive ketones (excluding diaryl/α,β-unsaturated/α-hetero) is 1. The van der Waals surface area contributed by atoms with Crippen LogP contribution < -0.4 is 0 Å². The molecule has 1 fully saturated rings. The Morgan fingerprint density at radius 3 is 2.90 bits per heavy atom. The molecule has 1 aromatic carbocycles. The summed E-state index contributed by atoms with van der Waals surface area (Å²) in [5, 5.41) is -0.0749. The van der Waals surface area contributed by atoms with Gasteiger partial charge in [-0.25, -0.2) is 8.42 Å². The van der Waals surface area contributed by atoms with Crippen LogP contribution >= 0.6 is 23.4 Å². The number of rotatable bonds is 4. The zero-order valence-corrected chi connectivity index (χ0v) is 13.5. The number of carbonyl (C=O) groups excluding carboxylic acids is 1. The molecule has 1 atom stereocenters. The largest absolute Gasteiger partial charge is 0.293 e. The molecule has 0 radical (unpaired) electrons. The summed E-state index contributed by atoms with van der Waals surface area (Å²) in [6.45, 7) is 0.716. The molecular formula is C13H16ClNO3S2. The second-order valence-electron chi connectivity index (χ2n) is 4.76. The van der Waals surface area contributed by atoms with Crippen molar-refractivity contribution in [2.45, 2.75) is 5.37 Å². The minimum Gasteiger partial charge on any atom is -0.293 e. The molecule has 0 bridgehead atoms. The van der Waals surface area contributed by atoms with Crippen LogP contribution in [-0.4, -0.2) is 55.3 Å². The number of ketones is 1. The van der Waals surface area contributed by atoms with Gasteiger partial charge in [0.05, 0.1) is 6.54 Å². The monoisotopic (exact) mass is 333 g/mol. The smallest absolute Gasteiger partial charge is 0.176 e. The van der Waals surface area contributed by atoms with Crippen LogP contribution in [0.2, 0.25) is 5.02 Å². The number of carbonyl (C=O) groups is 1. The lowest BCUT2D eigenvalue weighted by atomic mass is 10.1. The van der Waals surface area contributed by atoms with Gasteiger partial charge in [0.15, 0.2) is 15.6 Å². The third kappa shape index (κ3) is 3.97. The topological polar surface area (TPSA) is 54.5 Å². The Morgan fingerprint density at radius 2 is 2.25 bits per heavy atom. The number of hydrogen-bond donors (Lipinski definition) is 0. The first kappa shape index (κ1) is 15.8. The SMILES string of the molecule is CS(=O)(=O)C1CSCCN1CC(=O)c1cccc(Cl)c1. The van der Waals surface area contributed by atoms with Crippen molar-refractivity contribution in [2.24, 2.45) is 0 Å². The third-order valence-corrected chi connectivity index (χ3v) is 6.10. The summed E-state index contributed by atoms with van der Waals surface area (Å²) < 4.78 is 23.6. The maximum atomic E-state index is 12.2. The zero-order valence-electron chi connectivity index (χ0n) is 11.1. The van der Waals surface area contributed by atoms with Gasteiger partial charge in [-0.1, -0.05) is 23.7 Å². The standard InChI is InChI=1S/C13H16ClNO3S2/c1-20(17,18)13-9-19-6-5-15(13)8-12(16)10-3-2-4-11(14)7-10/h2-4,7,13H,5-6,8-9H2,1H3. The fraction of sp³-hybridized carbons (Fsp3) is 0.462. The molecule has 1 aliphatic heterocycles. The summed E-state index contributed by atoms with van der Waals surface area (Å²) in [4.78, 5) is 14.0. The van der Waals surface area contributed by atoms with E-state index in [0.717, 1.165) is 5.75 Å². The average Bonchev–Trinajstić information content (AvgIpc) is 2.38. The van der Waals surface area contributed by atoms with E-state index < -0.39 is 15.2 Å². The van der Waals surface area contributed by atoms with E-state index in [2.05, 4.69) is 0 Å². The molecule has 1 unspecified atom stereocenters. The number of halogens is 1. The van der Waals surface area contributed by atoms with Gasteiger partial charge in [0.25, 0.3) is 0 Å². The van der Waals surface area contributed by atoms with Crippen LogP contribution in [0, 0.1) is 0 Å². The predicted octanol–water partition coefficient (Wildman–Crippen LogP) is 1.94. The van der Waals surface area contributed by atoms with Crippen molar-refractivity contribution in [3.05, 3.63) is 34.9 Å². The van der Waals surface area contributed by atoms with Crippen LogP contribution in [-0.2, 0) is 9.84 Å². The highest BCUT2D eigenvalue weighted by molar-refractivity contribution is 8.00. The maximum Gasteiger partial charge on any atom is 0.176 e. The van der Waals surface area contributed by atoms with Gasteiger partial charge in [0, 0.05) is 34.9 Å². The lowest BCUT2D eigenvalue weighted by molar-refractivity contribution is 0.0928. The summed E-state index contributed by atoms with van der Waals surface area (Å²) in [6, 6.07) is 6.73. The van der Waals surface area contributed by atoms with Gasteiger partial charge in [0.1, 0.15) is 5.37 Å². The summed E-state index contributed by atoms with van der Waals surface area (Å²) in [5.41, 5.74) is 0.517. The fourth-order valence-electron chi connectivity index (χ4n) is 2.13. The Bertz CT molecular complexity index is 603. The van der Waals surface area contributed by atoms with Crippen molar-refractivity contribution in [3.63, 3.8) is 0 Å². The van der Waals surface area contributed by atoms with Crippen LogP contribution in [0.3, 0.4) is 0 Å². The van der Waals surface area contributed by atoms with E-state index >= 15 is 0 Å². The number of benzene rings is 1. The predicted molar refractivity (Wildman–Crippen MR) is 83.3 cm³/mol. The van der Waals surface area contributed by atoms with Crippen molar-refractivity contribution in [3.8, 4) is 0 Å². The molecule has 0 saturated carbocycles. The minimum atomic E-state index is -3.18. The first-order valence-corrected chi connectivity index (χ1v) is 9.66. The molecule has 1 aliphatic rings. The molecule has 0 amide bonds. The van der Waals surface area contributed by atoms with E-state index in [1.807, 2.05) is 0 Å². The van der Waals surface area contributed by atoms with E-state index in [4.69, 9.17) is 11.6 Å². The fourth-order valence-corrected chi connectivity index (χ4v) is 5.26. The highest BCUT2D eigenvalue weighted by atomic mass is 35.5. The second-order valence-corrected chi connectivity index (χ2v) is 8.55. The molecule has 0 aromatic heterocycles. The first-order valence-electron chi connectivity index (χ1n) is 6.17. The zero-order chi connectivity index (χ0) is 14.8. The highest BCUT2D eigenvalue weighted by Crippen LogP contribution is 2.21. The Hall–Kier alpha value is -0.560. The Kier molecular flexibility index (Phi) is 5.12. The Balaban J connectivity index is 2.13. The third-order valence-electron chi connectivity index (χ3n) is 3.18. The molecule has 1 aromatic rings. The molecule has 4 nitrogen and oxygen atoms in total. The van der Waals surface area contributed by atoms with E-state index in [1.54, 1.807) is 40.9 Å². The van der Waals surface area contributed by atoms with Crippen LogP contribution in [0.5, 0.6) is 0 Å². The molecule has 7 heteroatoms. The summed E-state index contributed by atoms with van der Waals surface area (Å²) in [7, 11) is -3.18. The first-order chi connectivity index (χ1) is 9.38. The van der Waals surface area contributed by atoms with Crippen LogP contribution in [0.1, 0.15) is 10.4 Å². The molecule has 1 saturated heterocycles. The molecule has 20 heavy (non-hydrogen) atoms. The summed E-state index contributed by atoms with van der Waals surface area (Å²) in [6.07, 6.45) is 1.22. The molecule has 0 aliphatic carbocycles. The van der Waals surface area contributed by atoms with Gasteiger partial charge in [-0.15, -0.1) is 0 Å². The van der Waals surface area contributed by atoms with Crippen LogP contribution in [0.25, 0.3) is 0 Å². The average molecular weight is 334 g/mol. The van der Waals surface area contributed by atoms with E-state index in [-0.39, 0.29) is 12.3 Å². The van der Waals surface area contributed by atoms with Crippen LogP contribution in [0.15, 0.2) is 24.3 Å². The summed E-state index contributed by atoms with van der Waals surface area (Å²) in [5.74, 6) is 1.25. The number of sulfone groups is 1. The van der Waals surface area contributed by atoms with Gasteiger partial charge >= 0.3 is 0 Å². The van der Waals surface area contributed by atoms with Gasteiger partial charge in [0.2, 0.25) is 0 Å². The Morgan fingerprint density at radius 1 is 1.50 bits per heavy atom. The van der Waals surface area contributed by atoms with E-state index in [0.29, 0.717) is 22.9 Å². The number of thioether (sulfide) groups is 1. The van der Waals surface area contributed by atoms with Crippen molar-refractivity contribution < 1.29 is 13.2 Å². The molecule has 0 spiro atoms. The van der Waals surface area contributed by atoms with Crippen molar-refractivity contribution in [1.29, 1.82) is 0 Å². The van der Waals surface area contributed by atoms with Crippen molar-refractivity contribution in [1.82, 2.24) is 4.90 Å². The van der Waals surface area contributed by atoms with E-state index in [1.165, 1.54) is 6.26 Å². The molecule has 110 valence electrons. The number of nitrogens with zero attached hydrogens (tertiary/aromatic N) is 1. The molecule has 0 N–H and O–H groups in total. The summed E-state index contributed by atoms with van der Waals surface area (Å²) >= 11 is 7.47. The lowest BCUT2D eigenvalue weighted by Gasteiger charge is -2.33. The minimum absolute atomic E-state index is 0.104. The normalized spacial score (nSPS) is 20.8. The van der Waals surface area contributed by atoms with Crippen molar-refractivity contribution in [2.75, 3.05) is 30.9 Å². The van der Waals surface area contributed by atoms with Gasteiger partial charge in [-0.05, 0) is 12.1 Å². The molecule has 2 rings (SSSR count). The van der Waals surface area contributed by atoms with Gasteiger partial charge < -0.3 is 0 Å². The number of hydrogen-bond acceptors (Lipinski definition) is 5. The molecule has 1 heterocycles. The Labute approximate surface area is 128 Å². The quantitative estimate of drug-likeness (QED) is 0.788. The van der Waals surface area contributed by atoms with Gasteiger partial charge in [-0.3, -0.25) is 9.69 Å². The van der Waals surface area contributed by atoms with E-state index in [9.17, 15) is 13.2 Å². The molecular weight excluding hydrogens is 318 g/mol. The van der Waals surface area contributed by atoms with Crippen molar-refractivity contribution >= 4 is 39.0 Å². The van der Waals surface area contributed by atoms with Gasteiger partial charge in [-0.2, -0.15) is 11.8 Å².